The zero-order valence-corrected chi connectivity index (χ0v) is 23.3. The van der Waals surface area contributed by atoms with Crippen LogP contribution in [0.1, 0.15) is 47.1 Å². The molecule has 0 atom stereocenters. The fraction of sp³-hybridized carbons (Fsp3) is 0.346. The predicted molar refractivity (Wildman–Crippen MR) is 146 cm³/mol. The van der Waals surface area contributed by atoms with Crippen LogP contribution in [0.15, 0.2) is 53.6 Å². The van der Waals surface area contributed by atoms with E-state index >= 15 is 0 Å². The van der Waals surface area contributed by atoms with Crippen molar-refractivity contribution in [3.8, 4) is 21.0 Å². The van der Waals surface area contributed by atoms with Gasteiger partial charge in [0, 0.05) is 42.0 Å². The predicted octanol–water partition coefficient (Wildman–Crippen LogP) is 5.15. The Hall–Kier alpha value is -3.28. The number of benzene rings is 2. The summed E-state index contributed by atoms with van der Waals surface area (Å²) < 4.78 is 34.5. The number of aromatic nitrogens is 1. The van der Waals surface area contributed by atoms with Gasteiger partial charge >= 0.3 is 6.09 Å². The highest BCUT2D eigenvalue weighted by Crippen LogP contribution is 2.36. The molecule has 1 heterocycles. The number of hydrogen-bond acceptors (Lipinski definition) is 7. The largest absolute Gasteiger partial charge is 0.447 e. The molecule has 0 unspecified atom stereocenters. The molecule has 3 aromatic rings. The van der Waals surface area contributed by atoms with Crippen molar-refractivity contribution in [3.63, 3.8) is 0 Å². The van der Waals surface area contributed by atoms with Crippen molar-refractivity contribution in [2.45, 2.75) is 64.6 Å². The van der Waals surface area contributed by atoms with Crippen LogP contribution in [0.5, 0.6) is 0 Å². The first-order valence-corrected chi connectivity index (χ1v) is 14.0. The minimum atomic E-state index is -3.88. The highest BCUT2D eigenvalue weighted by atomic mass is 32.2. The molecule has 2 amide bonds. The molecule has 0 radical (unpaired) electrons. The van der Waals surface area contributed by atoms with Crippen LogP contribution in [-0.4, -0.2) is 37.0 Å². The second kappa shape index (κ2) is 11.4. The number of carbonyl (C=O) groups excluding carboxylic acids is 2. The van der Waals surface area contributed by atoms with Crippen LogP contribution in [0.3, 0.4) is 0 Å². The molecular formula is C26H32N4O5S2. The summed E-state index contributed by atoms with van der Waals surface area (Å²) in [6.45, 7) is 10.5. The fourth-order valence-electron chi connectivity index (χ4n) is 3.38. The number of nitrogens with zero attached hydrogens (tertiary/aromatic N) is 1. The first-order chi connectivity index (χ1) is 17.2. The van der Waals surface area contributed by atoms with Crippen LogP contribution in [0.2, 0.25) is 0 Å². The van der Waals surface area contributed by atoms with Gasteiger partial charge in [-0.05, 0) is 70.5 Å². The number of hydrogen-bond donors (Lipinski definition) is 3. The molecule has 9 nitrogen and oxygen atoms in total. The number of nitrogens with one attached hydrogen (secondary N) is 3. The van der Waals surface area contributed by atoms with Gasteiger partial charge in [-0.2, -0.15) is 0 Å². The van der Waals surface area contributed by atoms with Crippen molar-refractivity contribution in [1.82, 2.24) is 15.0 Å². The van der Waals surface area contributed by atoms with E-state index in [2.05, 4.69) is 20.3 Å². The Morgan fingerprint density at radius 1 is 1.08 bits per heavy atom. The molecule has 37 heavy (non-hydrogen) atoms. The van der Waals surface area contributed by atoms with E-state index in [-0.39, 0.29) is 23.5 Å². The Bertz CT molecular complexity index is 1370. The standard InChI is InChI=1S/C26H32N4O5S2/c1-16(2)35-25(32)29-20-10-8-19(9-11-20)24-28-15-22(36-24)21-12-7-18(14-27-17(3)31)13-23(21)37(33,34)30-26(4,5)6/h7-13,15-16,30H,14H2,1-6H3,(H,27,31)(H,29,32). The number of anilines is 1. The first-order valence-electron chi connectivity index (χ1n) is 11.7. The Morgan fingerprint density at radius 2 is 1.76 bits per heavy atom. The molecule has 3 rings (SSSR count). The molecule has 0 saturated heterocycles. The molecule has 3 N–H and O–H groups in total. The van der Waals surface area contributed by atoms with E-state index in [4.69, 9.17) is 4.74 Å². The zero-order chi connectivity index (χ0) is 27.4. The van der Waals surface area contributed by atoms with Crippen molar-refractivity contribution in [2.75, 3.05) is 5.32 Å². The lowest BCUT2D eigenvalue weighted by Crippen LogP contribution is -2.40. The molecule has 2 aromatic carbocycles. The summed E-state index contributed by atoms with van der Waals surface area (Å²) in [5.74, 6) is -0.202. The van der Waals surface area contributed by atoms with Crippen LogP contribution in [0.25, 0.3) is 21.0 Å². The molecule has 0 fully saturated rings. The fourth-order valence-corrected chi connectivity index (χ4v) is 6.09. The average Bonchev–Trinajstić information content (AvgIpc) is 3.26. The van der Waals surface area contributed by atoms with Gasteiger partial charge < -0.3 is 10.1 Å². The Labute approximate surface area is 221 Å². The second-order valence-corrected chi connectivity index (χ2v) is 12.5. The van der Waals surface area contributed by atoms with Gasteiger partial charge in [-0.3, -0.25) is 10.1 Å². The molecule has 0 spiro atoms. The Balaban J connectivity index is 1.93. The molecule has 1 aromatic heterocycles. The van der Waals surface area contributed by atoms with Crippen molar-refractivity contribution in [2.24, 2.45) is 0 Å². The van der Waals surface area contributed by atoms with E-state index in [1.807, 2.05) is 12.1 Å². The van der Waals surface area contributed by atoms with Crippen LogP contribution in [0.4, 0.5) is 10.5 Å². The number of amides is 2. The second-order valence-electron chi connectivity index (χ2n) is 9.78. The highest BCUT2D eigenvalue weighted by molar-refractivity contribution is 7.89. The van der Waals surface area contributed by atoms with Gasteiger partial charge in [0.15, 0.2) is 0 Å². The molecule has 0 aliphatic carbocycles. The van der Waals surface area contributed by atoms with Crippen molar-refractivity contribution >= 4 is 39.0 Å². The molecular weight excluding hydrogens is 512 g/mol. The minimum absolute atomic E-state index is 0.115. The van der Waals surface area contributed by atoms with Crippen molar-refractivity contribution < 1.29 is 22.7 Å². The monoisotopic (exact) mass is 544 g/mol. The van der Waals surface area contributed by atoms with Gasteiger partial charge in [0.1, 0.15) is 5.01 Å². The summed E-state index contributed by atoms with van der Waals surface area (Å²) in [5.41, 5.74) is 1.90. The summed E-state index contributed by atoms with van der Waals surface area (Å²) in [7, 11) is -3.88. The molecule has 11 heteroatoms. The van der Waals surface area contributed by atoms with Crippen molar-refractivity contribution in [3.05, 3.63) is 54.2 Å². The SMILES string of the molecule is CC(=O)NCc1ccc(-c2cnc(-c3ccc(NC(=O)OC(C)C)cc3)s2)c(S(=O)(=O)NC(C)(C)C)c1. The van der Waals surface area contributed by atoms with Crippen LogP contribution >= 0.6 is 11.3 Å². The summed E-state index contributed by atoms with van der Waals surface area (Å²) in [5, 5.41) is 6.07. The average molecular weight is 545 g/mol. The van der Waals surface area contributed by atoms with Gasteiger partial charge in [0.25, 0.3) is 0 Å². The number of thiazole rings is 1. The van der Waals surface area contributed by atoms with Gasteiger partial charge in [-0.25, -0.2) is 22.9 Å². The number of rotatable bonds is 8. The Kier molecular flexibility index (Phi) is 8.72. The minimum Gasteiger partial charge on any atom is -0.447 e. The van der Waals surface area contributed by atoms with Gasteiger partial charge in [0.2, 0.25) is 15.9 Å². The Morgan fingerprint density at radius 3 is 2.35 bits per heavy atom. The van der Waals surface area contributed by atoms with E-state index in [1.165, 1.54) is 18.3 Å². The third-order valence-electron chi connectivity index (χ3n) is 4.81. The highest BCUT2D eigenvalue weighted by Gasteiger charge is 2.26. The van der Waals surface area contributed by atoms with Gasteiger partial charge in [0.05, 0.1) is 15.9 Å². The quantitative estimate of drug-likeness (QED) is 0.360. The number of carbonyl (C=O) groups is 2. The molecule has 0 bridgehead atoms. The summed E-state index contributed by atoms with van der Waals surface area (Å²) in [6.07, 6.45) is 0.893. The van der Waals surface area contributed by atoms with E-state index in [0.29, 0.717) is 26.7 Å². The lowest BCUT2D eigenvalue weighted by Gasteiger charge is -2.22. The van der Waals surface area contributed by atoms with E-state index in [9.17, 15) is 18.0 Å². The lowest BCUT2D eigenvalue weighted by atomic mass is 10.1. The topological polar surface area (TPSA) is 126 Å². The zero-order valence-electron chi connectivity index (χ0n) is 21.7. The third kappa shape index (κ3) is 8.11. The maximum atomic E-state index is 13.3. The third-order valence-corrected chi connectivity index (χ3v) is 7.69. The van der Waals surface area contributed by atoms with E-state index < -0.39 is 21.7 Å². The number of sulfonamides is 1. The van der Waals surface area contributed by atoms with E-state index in [0.717, 1.165) is 5.56 Å². The normalized spacial score (nSPS) is 11.9. The van der Waals surface area contributed by atoms with Crippen LogP contribution < -0.4 is 15.4 Å². The first kappa shape index (κ1) is 28.3. The molecule has 198 valence electrons. The number of ether oxygens (including phenoxy) is 1. The summed E-state index contributed by atoms with van der Waals surface area (Å²) in [4.78, 5) is 28.5. The molecule has 0 aliphatic heterocycles. The van der Waals surface area contributed by atoms with E-state index in [1.54, 1.807) is 71.1 Å². The lowest BCUT2D eigenvalue weighted by molar-refractivity contribution is -0.119. The van der Waals surface area contributed by atoms with Crippen molar-refractivity contribution in [1.29, 1.82) is 0 Å². The maximum absolute atomic E-state index is 13.3. The van der Waals surface area contributed by atoms with Gasteiger partial charge in [-0.1, -0.05) is 12.1 Å². The molecule has 0 aliphatic rings. The smallest absolute Gasteiger partial charge is 0.411 e. The van der Waals surface area contributed by atoms with Crippen LogP contribution in [0, 0.1) is 0 Å². The van der Waals surface area contributed by atoms with Gasteiger partial charge in [-0.15, -0.1) is 11.3 Å². The summed E-state index contributed by atoms with van der Waals surface area (Å²) in [6, 6.07) is 12.2. The summed E-state index contributed by atoms with van der Waals surface area (Å²) >= 11 is 1.35. The van der Waals surface area contributed by atoms with Crippen LogP contribution in [-0.2, 0) is 26.1 Å². The molecule has 0 saturated carbocycles. The maximum Gasteiger partial charge on any atom is 0.411 e.